The molecule has 7 heteroatoms. The molecule has 0 atom stereocenters. The van der Waals surface area contributed by atoms with Crippen LogP contribution < -0.4 is 15.0 Å². The Bertz CT molecular complexity index is 630. The van der Waals surface area contributed by atoms with Crippen molar-refractivity contribution in [1.29, 1.82) is 0 Å². The van der Waals surface area contributed by atoms with Gasteiger partial charge in [0.25, 0.3) is 5.56 Å². The maximum Gasteiger partial charge on any atom is 0.273 e. The quantitative estimate of drug-likeness (QED) is 0.939. The summed E-state index contributed by atoms with van der Waals surface area (Å²) in [5.74, 6) is 1.21. The van der Waals surface area contributed by atoms with Gasteiger partial charge in [-0.15, -0.1) is 0 Å². The van der Waals surface area contributed by atoms with Crippen molar-refractivity contribution in [3.8, 4) is 17.4 Å². The van der Waals surface area contributed by atoms with Gasteiger partial charge in [-0.3, -0.25) is 4.79 Å². The van der Waals surface area contributed by atoms with Crippen LogP contribution in [-0.4, -0.2) is 17.1 Å². The van der Waals surface area contributed by atoms with Crippen LogP contribution in [0.1, 0.15) is 0 Å². The van der Waals surface area contributed by atoms with E-state index in [4.69, 9.17) is 21.1 Å². The van der Waals surface area contributed by atoms with Crippen LogP contribution in [0.4, 0.5) is 0 Å². The molecule has 0 fully saturated rings. The van der Waals surface area contributed by atoms with Crippen molar-refractivity contribution in [3.05, 3.63) is 44.4 Å². The Hall–Kier alpha value is -1.53. The number of ether oxygens (including phenoxy) is 2. The Balaban J connectivity index is 2.34. The average molecular weight is 332 g/mol. The number of benzene rings is 1. The number of aromatic amines is 1. The Labute approximate surface area is 116 Å². The third-order valence-electron chi connectivity index (χ3n) is 2.11. The number of hydrogen-bond acceptors (Lipinski definition) is 4. The summed E-state index contributed by atoms with van der Waals surface area (Å²) in [5.41, 5.74) is -0.452. The Morgan fingerprint density at radius 2 is 2.22 bits per heavy atom. The first-order valence-electron chi connectivity index (χ1n) is 4.86. The summed E-state index contributed by atoms with van der Waals surface area (Å²) in [5, 5.41) is -0.0970. The van der Waals surface area contributed by atoms with E-state index in [1.807, 2.05) is 0 Å². The Morgan fingerprint density at radius 1 is 1.44 bits per heavy atom. The fraction of sp³-hybridized carbons (Fsp3) is 0.0909. The highest BCUT2D eigenvalue weighted by Gasteiger charge is 2.10. The summed E-state index contributed by atoms with van der Waals surface area (Å²) < 4.78 is 11.2. The highest BCUT2D eigenvalue weighted by atomic mass is 79.9. The molecule has 1 aromatic heterocycles. The van der Waals surface area contributed by atoms with Crippen LogP contribution >= 0.6 is 27.5 Å². The van der Waals surface area contributed by atoms with Crippen LogP contribution in [0.3, 0.4) is 0 Å². The molecule has 0 aliphatic rings. The van der Waals surface area contributed by atoms with Gasteiger partial charge in [0.05, 0.1) is 17.9 Å². The molecule has 0 radical (unpaired) electrons. The number of rotatable bonds is 3. The summed E-state index contributed by atoms with van der Waals surface area (Å²) in [4.78, 5) is 17.5. The predicted molar refractivity (Wildman–Crippen MR) is 70.6 cm³/mol. The van der Waals surface area contributed by atoms with Crippen molar-refractivity contribution in [2.24, 2.45) is 0 Å². The molecule has 2 aromatic rings. The fourth-order valence-electron chi connectivity index (χ4n) is 1.23. The lowest BCUT2D eigenvalue weighted by molar-refractivity contribution is 0.411. The Morgan fingerprint density at radius 3 is 2.89 bits per heavy atom. The maximum absolute atomic E-state index is 11.3. The second-order valence-corrected chi connectivity index (χ2v) is 4.48. The summed E-state index contributed by atoms with van der Waals surface area (Å²) in [7, 11) is 1.57. The van der Waals surface area contributed by atoms with E-state index < -0.39 is 5.56 Å². The van der Waals surface area contributed by atoms with E-state index in [1.54, 1.807) is 25.3 Å². The smallest absolute Gasteiger partial charge is 0.273 e. The standard InChI is InChI=1S/C11H8BrClN2O3/c1-17-6-2-3-8(7(12)4-6)18-11-9(13)10(16)14-5-15-11/h2-5H,1H3,(H,14,15,16). The molecule has 0 spiro atoms. The van der Waals surface area contributed by atoms with Gasteiger partial charge < -0.3 is 14.5 Å². The van der Waals surface area contributed by atoms with Crippen molar-refractivity contribution < 1.29 is 9.47 Å². The summed E-state index contributed by atoms with van der Waals surface area (Å²) in [6.07, 6.45) is 1.22. The number of hydrogen-bond donors (Lipinski definition) is 1. The van der Waals surface area contributed by atoms with Crippen molar-refractivity contribution in [1.82, 2.24) is 9.97 Å². The molecule has 0 aliphatic heterocycles. The molecule has 0 bridgehead atoms. The number of H-pyrrole nitrogens is 1. The zero-order valence-corrected chi connectivity index (χ0v) is 11.6. The van der Waals surface area contributed by atoms with Gasteiger partial charge in [-0.25, -0.2) is 4.98 Å². The van der Waals surface area contributed by atoms with Crippen LogP contribution in [-0.2, 0) is 0 Å². The third kappa shape index (κ3) is 2.65. The monoisotopic (exact) mass is 330 g/mol. The third-order valence-corrected chi connectivity index (χ3v) is 3.06. The molecule has 0 saturated carbocycles. The van der Waals surface area contributed by atoms with Gasteiger partial charge in [0.15, 0.2) is 5.02 Å². The van der Waals surface area contributed by atoms with Gasteiger partial charge in [-0.05, 0) is 34.1 Å². The number of aromatic nitrogens is 2. The second kappa shape index (κ2) is 5.41. The van der Waals surface area contributed by atoms with Gasteiger partial charge >= 0.3 is 0 Å². The zero-order chi connectivity index (χ0) is 13.1. The SMILES string of the molecule is COc1ccc(Oc2nc[nH]c(=O)c2Cl)c(Br)c1. The largest absolute Gasteiger partial charge is 0.497 e. The van der Waals surface area contributed by atoms with Crippen LogP contribution in [0, 0.1) is 0 Å². The molecule has 94 valence electrons. The maximum atomic E-state index is 11.3. The molecule has 1 heterocycles. The summed E-state index contributed by atoms with van der Waals surface area (Å²) in [6.45, 7) is 0. The molecular formula is C11H8BrClN2O3. The second-order valence-electron chi connectivity index (χ2n) is 3.25. The minimum atomic E-state index is -0.452. The number of nitrogens with one attached hydrogen (secondary N) is 1. The van der Waals surface area contributed by atoms with E-state index in [0.717, 1.165) is 0 Å². The highest BCUT2D eigenvalue weighted by Crippen LogP contribution is 2.33. The van der Waals surface area contributed by atoms with E-state index >= 15 is 0 Å². The number of nitrogens with zero attached hydrogens (tertiary/aromatic N) is 1. The number of methoxy groups -OCH3 is 1. The topological polar surface area (TPSA) is 64.2 Å². The molecule has 0 aliphatic carbocycles. The molecule has 1 N–H and O–H groups in total. The van der Waals surface area contributed by atoms with E-state index in [2.05, 4.69) is 25.9 Å². The zero-order valence-electron chi connectivity index (χ0n) is 9.24. The lowest BCUT2D eigenvalue weighted by Crippen LogP contribution is -2.07. The first-order valence-corrected chi connectivity index (χ1v) is 6.03. The molecular weight excluding hydrogens is 323 g/mol. The predicted octanol–water partition coefficient (Wildman–Crippen LogP) is 2.99. The van der Waals surface area contributed by atoms with Crippen molar-refractivity contribution >= 4 is 27.5 Å². The minimum Gasteiger partial charge on any atom is -0.497 e. The van der Waals surface area contributed by atoms with Crippen molar-refractivity contribution in [3.63, 3.8) is 0 Å². The van der Waals surface area contributed by atoms with Gasteiger partial charge in [0.2, 0.25) is 5.88 Å². The molecule has 2 rings (SSSR count). The van der Waals surface area contributed by atoms with Crippen LogP contribution in [0.5, 0.6) is 17.4 Å². The van der Waals surface area contributed by atoms with E-state index in [1.165, 1.54) is 6.33 Å². The van der Waals surface area contributed by atoms with Crippen molar-refractivity contribution in [2.45, 2.75) is 0 Å². The van der Waals surface area contributed by atoms with Gasteiger partial charge in [0.1, 0.15) is 11.5 Å². The molecule has 1 aromatic carbocycles. The molecule has 0 saturated heterocycles. The first kappa shape index (κ1) is 12.9. The Kier molecular flexibility index (Phi) is 3.88. The van der Waals surface area contributed by atoms with Gasteiger partial charge in [0, 0.05) is 0 Å². The molecule has 18 heavy (non-hydrogen) atoms. The van der Waals surface area contributed by atoms with Crippen molar-refractivity contribution in [2.75, 3.05) is 7.11 Å². The summed E-state index contributed by atoms with van der Waals surface area (Å²) in [6, 6.07) is 5.14. The lowest BCUT2D eigenvalue weighted by Gasteiger charge is -2.08. The van der Waals surface area contributed by atoms with Crippen LogP contribution in [0.25, 0.3) is 0 Å². The van der Waals surface area contributed by atoms with E-state index in [-0.39, 0.29) is 10.9 Å². The first-order chi connectivity index (χ1) is 8.61. The number of halogens is 2. The van der Waals surface area contributed by atoms with E-state index in [0.29, 0.717) is 16.0 Å². The van der Waals surface area contributed by atoms with Crippen LogP contribution in [0.2, 0.25) is 5.02 Å². The fourth-order valence-corrected chi connectivity index (χ4v) is 1.81. The van der Waals surface area contributed by atoms with E-state index in [9.17, 15) is 4.79 Å². The minimum absolute atomic E-state index is 0.0475. The van der Waals surface area contributed by atoms with Gasteiger partial charge in [-0.1, -0.05) is 11.6 Å². The van der Waals surface area contributed by atoms with Gasteiger partial charge in [-0.2, -0.15) is 0 Å². The molecule has 0 amide bonds. The van der Waals surface area contributed by atoms with Crippen LogP contribution in [0.15, 0.2) is 33.8 Å². The normalized spacial score (nSPS) is 10.2. The highest BCUT2D eigenvalue weighted by molar-refractivity contribution is 9.10. The average Bonchev–Trinajstić information content (AvgIpc) is 2.37. The lowest BCUT2D eigenvalue weighted by atomic mass is 10.3. The summed E-state index contributed by atoms with van der Waals surface area (Å²) >= 11 is 9.11. The molecule has 5 nitrogen and oxygen atoms in total. The molecule has 0 unspecified atom stereocenters.